The quantitative estimate of drug-likeness (QED) is 0.330. The largest absolute Gasteiger partial charge is 0.481 e. The highest BCUT2D eigenvalue weighted by Crippen LogP contribution is 2.10. The van der Waals surface area contributed by atoms with E-state index >= 15 is 0 Å². The lowest BCUT2D eigenvalue weighted by Crippen LogP contribution is -1.93. The molecule has 0 aromatic heterocycles. The Morgan fingerprint density at radius 1 is 0.762 bits per heavy atom. The van der Waals surface area contributed by atoms with Crippen LogP contribution in [0.15, 0.2) is 12.2 Å². The molecule has 0 aliphatic rings. The summed E-state index contributed by atoms with van der Waals surface area (Å²) in [5.41, 5.74) is 0. The second kappa shape index (κ2) is 19.2. The van der Waals surface area contributed by atoms with Gasteiger partial charge in [0.15, 0.2) is 0 Å². The molecular formula is C18H36O3. The lowest BCUT2D eigenvalue weighted by Gasteiger charge is -2.00. The van der Waals surface area contributed by atoms with Crippen molar-refractivity contribution in [1.29, 1.82) is 0 Å². The third-order valence-electron chi connectivity index (χ3n) is 3.65. The van der Waals surface area contributed by atoms with Crippen LogP contribution >= 0.6 is 0 Å². The summed E-state index contributed by atoms with van der Waals surface area (Å²) in [5, 5.41) is 8.51. The van der Waals surface area contributed by atoms with Gasteiger partial charge in [-0.2, -0.15) is 0 Å². The van der Waals surface area contributed by atoms with E-state index in [1.807, 2.05) is 0 Å². The monoisotopic (exact) mass is 300 g/mol. The number of carbonyl (C=O) groups is 1. The molecule has 0 bridgehead atoms. The smallest absolute Gasteiger partial charge is 0.303 e. The van der Waals surface area contributed by atoms with E-state index in [0.717, 1.165) is 12.8 Å². The van der Waals surface area contributed by atoms with Gasteiger partial charge in [-0.3, -0.25) is 4.79 Å². The molecule has 0 saturated carbocycles. The highest BCUT2D eigenvalue weighted by molar-refractivity contribution is 5.66. The number of hydrogen-bond acceptors (Lipinski definition) is 1. The Morgan fingerprint density at radius 2 is 1.19 bits per heavy atom. The summed E-state index contributed by atoms with van der Waals surface area (Å²) in [7, 11) is 0. The van der Waals surface area contributed by atoms with Crippen LogP contribution in [0, 0.1) is 0 Å². The van der Waals surface area contributed by atoms with Gasteiger partial charge in [0, 0.05) is 6.42 Å². The van der Waals surface area contributed by atoms with Crippen molar-refractivity contribution in [2.45, 2.75) is 96.8 Å². The zero-order chi connectivity index (χ0) is 14.9. The van der Waals surface area contributed by atoms with Gasteiger partial charge in [-0.25, -0.2) is 0 Å². The molecule has 0 aliphatic heterocycles. The summed E-state index contributed by atoms with van der Waals surface area (Å²) >= 11 is 0. The highest BCUT2D eigenvalue weighted by atomic mass is 16.4. The number of rotatable bonds is 15. The fraction of sp³-hybridized carbons (Fsp3) is 0.833. The van der Waals surface area contributed by atoms with E-state index in [0.29, 0.717) is 6.42 Å². The highest BCUT2D eigenvalue weighted by Gasteiger charge is 1.96. The summed E-state index contributed by atoms with van der Waals surface area (Å²) in [5.74, 6) is -0.661. The Hall–Kier alpha value is -0.830. The summed E-state index contributed by atoms with van der Waals surface area (Å²) < 4.78 is 0. The first-order chi connectivity index (χ1) is 9.77. The van der Waals surface area contributed by atoms with E-state index in [-0.39, 0.29) is 5.48 Å². The van der Waals surface area contributed by atoms with Crippen LogP contribution in [0.1, 0.15) is 96.8 Å². The molecule has 126 valence electrons. The molecule has 21 heavy (non-hydrogen) atoms. The predicted octanol–water partition coefficient (Wildman–Crippen LogP) is 5.28. The second-order valence-electron chi connectivity index (χ2n) is 5.73. The average Bonchev–Trinajstić information content (AvgIpc) is 2.43. The molecule has 0 fully saturated rings. The average molecular weight is 300 g/mol. The van der Waals surface area contributed by atoms with Gasteiger partial charge in [0.05, 0.1) is 0 Å². The first kappa shape index (κ1) is 22.5. The Bertz CT molecular complexity index is 237. The second-order valence-corrected chi connectivity index (χ2v) is 5.73. The minimum absolute atomic E-state index is 0. The zero-order valence-corrected chi connectivity index (χ0v) is 13.9. The van der Waals surface area contributed by atoms with Crippen LogP contribution < -0.4 is 0 Å². The van der Waals surface area contributed by atoms with Crippen molar-refractivity contribution in [3.8, 4) is 0 Å². The lowest BCUT2D eigenvalue weighted by atomic mass is 10.1. The third kappa shape index (κ3) is 21.6. The molecule has 0 rings (SSSR count). The molecule has 0 aromatic rings. The van der Waals surface area contributed by atoms with Gasteiger partial charge in [0.1, 0.15) is 0 Å². The molecule has 0 unspecified atom stereocenters. The number of hydrogen-bond donors (Lipinski definition) is 1. The van der Waals surface area contributed by atoms with Crippen molar-refractivity contribution in [2.24, 2.45) is 0 Å². The van der Waals surface area contributed by atoms with Gasteiger partial charge in [0.2, 0.25) is 0 Å². The SMILES string of the molecule is CCCCCC/C=C/CCCCCCCCCC(=O)O.O. The minimum atomic E-state index is -0.661. The Balaban J connectivity index is 0. The van der Waals surface area contributed by atoms with E-state index in [1.165, 1.54) is 70.6 Å². The number of aliphatic carboxylic acids is 1. The molecule has 0 spiro atoms. The number of allylic oxidation sites excluding steroid dienone is 2. The standard InChI is InChI=1S/C18H34O2.H2O/c1-2-3-4-5-6-7-8-9-10-11-12-13-14-15-16-17-18(19)20;/h7-8H,2-6,9-17H2,1H3,(H,19,20);1H2/b8-7+;. The van der Waals surface area contributed by atoms with Crippen molar-refractivity contribution in [1.82, 2.24) is 0 Å². The van der Waals surface area contributed by atoms with E-state index in [1.54, 1.807) is 0 Å². The normalized spacial score (nSPS) is 10.7. The topological polar surface area (TPSA) is 68.8 Å². The van der Waals surface area contributed by atoms with Gasteiger partial charge in [-0.15, -0.1) is 0 Å². The maximum Gasteiger partial charge on any atom is 0.303 e. The molecule has 0 heterocycles. The number of unbranched alkanes of at least 4 members (excludes halogenated alkanes) is 11. The van der Waals surface area contributed by atoms with E-state index < -0.39 is 5.97 Å². The van der Waals surface area contributed by atoms with Gasteiger partial charge in [-0.1, -0.05) is 70.4 Å². The molecule has 0 aliphatic carbocycles. The van der Waals surface area contributed by atoms with Crippen LogP contribution in [0.4, 0.5) is 0 Å². The minimum Gasteiger partial charge on any atom is -0.481 e. The van der Waals surface area contributed by atoms with E-state index in [2.05, 4.69) is 19.1 Å². The van der Waals surface area contributed by atoms with Crippen molar-refractivity contribution in [2.75, 3.05) is 0 Å². The fourth-order valence-electron chi connectivity index (χ4n) is 2.35. The van der Waals surface area contributed by atoms with Crippen molar-refractivity contribution < 1.29 is 15.4 Å². The van der Waals surface area contributed by atoms with Crippen molar-refractivity contribution >= 4 is 5.97 Å². The van der Waals surface area contributed by atoms with Gasteiger partial charge < -0.3 is 10.6 Å². The number of carboxylic acid groups (broad SMARTS) is 1. The zero-order valence-electron chi connectivity index (χ0n) is 13.9. The predicted molar refractivity (Wildman–Crippen MR) is 90.7 cm³/mol. The molecule has 0 aromatic carbocycles. The molecule has 0 radical (unpaired) electrons. The third-order valence-corrected chi connectivity index (χ3v) is 3.65. The molecule has 0 atom stereocenters. The van der Waals surface area contributed by atoms with Crippen LogP contribution in [-0.4, -0.2) is 16.6 Å². The van der Waals surface area contributed by atoms with Crippen molar-refractivity contribution in [3.63, 3.8) is 0 Å². The van der Waals surface area contributed by atoms with Crippen LogP contribution in [0.5, 0.6) is 0 Å². The maximum absolute atomic E-state index is 10.3. The van der Waals surface area contributed by atoms with E-state index in [9.17, 15) is 4.79 Å². The molecule has 3 N–H and O–H groups in total. The summed E-state index contributed by atoms with van der Waals surface area (Å²) in [6.45, 7) is 2.25. The van der Waals surface area contributed by atoms with Gasteiger partial charge in [-0.05, 0) is 32.1 Å². The molecule has 3 heteroatoms. The molecule has 0 saturated heterocycles. The maximum atomic E-state index is 10.3. The fourth-order valence-corrected chi connectivity index (χ4v) is 2.35. The summed E-state index contributed by atoms with van der Waals surface area (Å²) in [6, 6.07) is 0. The van der Waals surface area contributed by atoms with E-state index in [4.69, 9.17) is 5.11 Å². The van der Waals surface area contributed by atoms with Gasteiger partial charge >= 0.3 is 5.97 Å². The van der Waals surface area contributed by atoms with Crippen LogP contribution in [-0.2, 0) is 4.79 Å². The molecular weight excluding hydrogens is 264 g/mol. The van der Waals surface area contributed by atoms with Crippen molar-refractivity contribution in [3.05, 3.63) is 12.2 Å². The molecule has 3 nitrogen and oxygen atoms in total. The Morgan fingerprint density at radius 3 is 1.67 bits per heavy atom. The lowest BCUT2D eigenvalue weighted by molar-refractivity contribution is -0.137. The van der Waals surface area contributed by atoms with Crippen LogP contribution in [0.3, 0.4) is 0 Å². The molecule has 0 amide bonds. The number of carboxylic acids is 1. The Kier molecular flexibility index (Phi) is 20.5. The van der Waals surface area contributed by atoms with Crippen LogP contribution in [0.2, 0.25) is 0 Å². The first-order valence-electron chi connectivity index (χ1n) is 8.64. The summed E-state index contributed by atoms with van der Waals surface area (Å²) in [4.78, 5) is 10.3. The first-order valence-corrected chi connectivity index (χ1v) is 8.64. The van der Waals surface area contributed by atoms with Crippen LogP contribution in [0.25, 0.3) is 0 Å². The van der Waals surface area contributed by atoms with Gasteiger partial charge in [0.25, 0.3) is 0 Å². The summed E-state index contributed by atoms with van der Waals surface area (Å²) in [6.07, 6.45) is 21.2. The Labute approximate surface area is 131 Å².